The standard InChI is InChI=1S/C14H13BrN2O2/c1-9(10-2-4-12(15)5-3-10)17-14(19)11-6-7-16-13(18)8-11/h2-9H,1H3,(H,16,18)(H,17,19). The summed E-state index contributed by atoms with van der Waals surface area (Å²) in [5.41, 5.74) is 1.07. The van der Waals surface area contributed by atoms with Gasteiger partial charge in [0.05, 0.1) is 6.04 Å². The molecule has 1 heterocycles. The number of H-pyrrole nitrogens is 1. The number of nitrogens with one attached hydrogen (secondary N) is 2. The van der Waals surface area contributed by atoms with Gasteiger partial charge in [0.15, 0.2) is 0 Å². The summed E-state index contributed by atoms with van der Waals surface area (Å²) in [6, 6.07) is 10.4. The van der Waals surface area contributed by atoms with Gasteiger partial charge in [0.1, 0.15) is 0 Å². The Labute approximate surface area is 119 Å². The molecule has 0 aliphatic heterocycles. The Hall–Kier alpha value is -1.88. The van der Waals surface area contributed by atoms with Crippen molar-refractivity contribution < 1.29 is 4.79 Å². The molecule has 2 N–H and O–H groups in total. The van der Waals surface area contributed by atoms with Crippen LogP contribution in [0.25, 0.3) is 0 Å². The van der Waals surface area contributed by atoms with E-state index in [-0.39, 0.29) is 17.5 Å². The molecule has 2 aromatic rings. The van der Waals surface area contributed by atoms with Gasteiger partial charge in [-0.2, -0.15) is 0 Å². The molecule has 0 bridgehead atoms. The largest absolute Gasteiger partial charge is 0.346 e. The minimum atomic E-state index is -0.288. The zero-order valence-electron chi connectivity index (χ0n) is 10.3. The molecule has 0 saturated carbocycles. The molecular weight excluding hydrogens is 308 g/mol. The molecule has 4 nitrogen and oxygen atoms in total. The highest BCUT2D eigenvalue weighted by Crippen LogP contribution is 2.16. The van der Waals surface area contributed by atoms with Crippen LogP contribution in [0.1, 0.15) is 28.9 Å². The van der Waals surface area contributed by atoms with Crippen LogP contribution in [0.3, 0.4) is 0 Å². The van der Waals surface area contributed by atoms with Crippen molar-refractivity contribution in [3.05, 3.63) is 68.5 Å². The van der Waals surface area contributed by atoms with Crippen LogP contribution in [0.15, 0.2) is 51.9 Å². The number of aromatic nitrogens is 1. The minimum Gasteiger partial charge on any atom is -0.346 e. The number of amides is 1. The summed E-state index contributed by atoms with van der Waals surface area (Å²) in [5, 5.41) is 2.85. The highest BCUT2D eigenvalue weighted by atomic mass is 79.9. The van der Waals surface area contributed by atoms with Crippen molar-refractivity contribution in [2.75, 3.05) is 0 Å². The highest BCUT2D eigenvalue weighted by Gasteiger charge is 2.11. The molecule has 19 heavy (non-hydrogen) atoms. The SMILES string of the molecule is CC(NC(=O)c1cc[nH]c(=O)c1)c1ccc(Br)cc1. The van der Waals surface area contributed by atoms with E-state index in [0.29, 0.717) is 5.56 Å². The average molecular weight is 321 g/mol. The van der Waals surface area contributed by atoms with Crippen LogP contribution in [0.5, 0.6) is 0 Å². The van der Waals surface area contributed by atoms with Crippen molar-refractivity contribution >= 4 is 21.8 Å². The molecule has 1 aromatic heterocycles. The van der Waals surface area contributed by atoms with E-state index in [9.17, 15) is 9.59 Å². The lowest BCUT2D eigenvalue weighted by Gasteiger charge is -2.14. The van der Waals surface area contributed by atoms with Gasteiger partial charge in [-0.1, -0.05) is 28.1 Å². The Balaban J connectivity index is 2.10. The van der Waals surface area contributed by atoms with E-state index in [0.717, 1.165) is 10.0 Å². The number of pyridine rings is 1. The summed E-state index contributed by atoms with van der Waals surface area (Å²) in [4.78, 5) is 25.6. The molecule has 5 heteroatoms. The fourth-order valence-electron chi connectivity index (χ4n) is 1.70. The second-order valence-electron chi connectivity index (χ2n) is 4.19. The van der Waals surface area contributed by atoms with E-state index in [1.807, 2.05) is 31.2 Å². The van der Waals surface area contributed by atoms with E-state index in [1.165, 1.54) is 12.3 Å². The molecule has 1 amide bonds. The fraction of sp³-hybridized carbons (Fsp3) is 0.143. The number of rotatable bonds is 3. The molecule has 0 spiro atoms. The number of aromatic amines is 1. The van der Waals surface area contributed by atoms with Gasteiger partial charge in [-0.3, -0.25) is 9.59 Å². The lowest BCUT2D eigenvalue weighted by atomic mass is 10.1. The number of carbonyl (C=O) groups is 1. The third kappa shape index (κ3) is 3.54. The predicted molar refractivity (Wildman–Crippen MR) is 77.1 cm³/mol. The average Bonchev–Trinajstić information content (AvgIpc) is 2.39. The van der Waals surface area contributed by atoms with Crippen LogP contribution in [-0.4, -0.2) is 10.9 Å². The normalized spacial score (nSPS) is 11.9. The monoisotopic (exact) mass is 320 g/mol. The molecule has 0 aliphatic rings. The Morgan fingerprint density at radius 1 is 1.26 bits per heavy atom. The molecule has 0 saturated heterocycles. The van der Waals surface area contributed by atoms with E-state index in [1.54, 1.807) is 6.07 Å². The van der Waals surface area contributed by atoms with E-state index in [4.69, 9.17) is 0 Å². The maximum atomic E-state index is 12.0. The lowest BCUT2D eigenvalue weighted by Crippen LogP contribution is -2.27. The van der Waals surface area contributed by atoms with Gasteiger partial charge < -0.3 is 10.3 Å². The molecule has 1 aromatic carbocycles. The van der Waals surface area contributed by atoms with Crippen molar-refractivity contribution in [1.82, 2.24) is 10.3 Å². The molecule has 0 aliphatic carbocycles. The first-order valence-electron chi connectivity index (χ1n) is 5.81. The summed E-state index contributed by atoms with van der Waals surface area (Å²) in [6.45, 7) is 1.90. The molecule has 2 rings (SSSR count). The molecule has 98 valence electrons. The van der Waals surface area contributed by atoms with Crippen LogP contribution in [0.2, 0.25) is 0 Å². The Morgan fingerprint density at radius 3 is 2.58 bits per heavy atom. The summed E-state index contributed by atoms with van der Waals surface area (Å²) < 4.78 is 0.990. The van der Waals surface area contributed by atoms with E-state index in [2.05, 4.69) is 26.2 Å². The van der Waals surface area contributed by atoms with Crippen molar-refractivity contribution in [1.29, 1.82) is 0 Å². The molecule has 1 atom stereocenters. The summed E-state index contributed by atoms with van der Waals surface area (Å²) in [5.74, 6) is -0.262. The third-order valence-corrected chi connectivity index (χ3v) is 3.28. The first-order chi connectivity index (χ1) is 9.06. The van der Waals surface area contributed by atoms with Gasteiger partial charge >= 0.3 is 0 Å². The van der Waals surface area contributed by atoms with Crippen molar-refractivity contribution in [3.63, 3.8) is 0 Å². The van der Waals surface area contributed by atoms with Crippen molar-refractivity contribution in [3.8, 4) is 0 Å². The van der Waals surface area contributed by atoms with Gasteiger partial charge in [-0.25, -0.2) is 0 Å². The van der Waals surface area contributed by atoms with Gasteiger partial charge in [0.2, 0.25) is 5.56 Å². The van der Waals surface area contributed by atoms with Crippen LogP contribution in [0, 0.1) is 0 Å². The molecule has 0 fully saturated rings. The van der Waals surface area contributed by atoms with Gasteiger partial charge in [-0.05, 0) is 30.7 Å². The molecule has 0 radical (unpaired) electrons. The smallest absolute Gasteiger partial charge is 0.252 e. The third-order valence-electron chi connectivity index (χ3n) is 2.75. The number of hydrogen-bond acceptors (Lipinski definition) is 2. The maximum absolute atomic E-state index is 12.0. The van der Waals surface area contributed by atoms with Crippen LogP contribution in [0.4, 0.5) is 0 Å². The number of carbonyl (C=O) groups excluding carboxylic acids is 1. The number of benzene rings is 1. The molecule has 1 unspecified atom stereocenters. The Morgan fingerprint density at radius 2 is 1.95 bits per heavy atom. The zero-order chi connectivity index (χ0) is 13.8. The number of halogens is 1. The topological polar surface area (TPSA) is 62.0 Å². The zero-order valence-corrected chi connectivity index (χ0v) is 11.9. The van der Waals surface area contributed by atoms with Gasteiger partial charge in [0.25, 0.3) is 5.91 Å². The summed E-state index contributed by atoms with van der Waals surface area (Å²) in [6.07, 6.45) is 1.46. The van der Waals surface area contributed by atoms with E-state index < -0.39 is 0 Å². The minimum absolute atomic E-state index is 0.125. The molecular formula is C14H13BrN2O2. The second-order valence-corrected chi connectivity index (χ2v) is 5.10. The predicted octanol–water partition coefficient (Wildman–Crippen LogP) is 2.63. The van der Waals surface area contributed by atoms with Crippen molar-refractivity contribution in [2.24, 2.45) is 0 Å². The number of hydrogen-bond donors (Lipinski definition) is 2. The van der Waals surface area contributed by atoms with Gasteiger partial charge in [0, 0.05) is 22.3 Å². The van der Waals surface area contributed by atoms with Crippen LogP contribution < -0.4 is 10.9 Å². The highest BCUT2D eigenvalue weighted by molar-refractivity contribution is 9.10. The lowest BCUT2D eigenvalue weighted by molar-refractivity contribution is 0.0939. The quantitative estimate of drug-likeness (QED) is 0.913. The Bertz CT molecular complexity index is 634. The maximum Gasteiger partial charge on any atom is 0.252 e. The first kappa shape index (κ1) is 13.5. The van der Waals surface area contributed by atoms with E-state index >= 15 is 0 Å². The summed E-state index contributed by atoms with van der Waals surface area (Å²) in [7, 11) is 0. The van der Waals surface area contributed by atoms with Crippen LogP contribution >= 0.6 is 15.9 Å². The second kappa shape index (κ2) is 5.84. The van der Waals surface area contributed by atoms with Gasteiger partial charge in [-0.15, -0.1) is 0 Å². The van der Waals surface area contributed by atoms with Crippen molar-refractivity contribution in [2.45, 2.75) is 13.0 Å². The Kier molecular flexibility index (Phi) is 4.16. The van der Waals surface area contributed by atoms with Crippen LogP contribution in [-0.2, 0) is 0 Å². The summed E-state index contributed by atoms with van der Waals surface area (Å²) >= 11 is 3.36. The fourth-order valence-corrected chi connectivity index (χ4v) is 1.96. The first-order valence-corrected chi connectivity index (χ1v) is 6.60.